The highest BCUT2D eigenvalue weighted by molar-refractivity contribution is 7.91. The summed E-state index contributed by atoms with van der Waals surface area (Å²) in [6.07, 6.45) is 6.03. The van der Waals surface area contributed by atoms with Gasteiger partial charge in [0.1, 0.15) is 9.84 Å². The lowest BCUT2D eigenvalue weighted by Crippen LogP contribution is -2.44. The van der Waals surface area contributed by atoms with Crippen molar-refractivity contribution < 1.29 is 8.42 Å². The van der Waals surface area contributed by atoms with Crippen LogP contribution in [-0.2, 0) is 9.84 Å². The monoisotopic (exact) mass is 288 g/mol. The van der Waals surface area contributed by atoms with Gasteiger partial charge in [0.2, 0.25) is 0 Å². The van der Waals surface area contributed by atoms with E-state index in [-0.39, 0.29) is 5.75 Å². The van der Waals surface area contributed by atoms with Crippen molar-refractivity contribution in [1.82, 2.24) is 10.2 Å². The third-order valence-electron chi connectivity index (χ3n) is 4.58. The van der Waals surface area contributed by atoms with Gasteiger partial charge < -0.3 is 10.2 Å². The maximum atomic E-state index is 11.5. The van der Waals surface area contributed by atoms with Gasteiger partial charge in [-0.15, -0.1) is 0 Å². The van der Waals surface area contributed by atoms with Gasteiger partial charge in [0, 0.05) is 18.3 Å². The minimum absolute atomic E-state index is 0.279. The molecule has 4 nitrogen and oxygen atoms in total. The molecule has 0 amide bonds. The Kier molecular flexibility index (Phi) is 5.66. The quantitative estimate of drug-likeness (QED) is 0.800. The summed E-state index contributed by atoms with van der Waals surface area (Å²) in [4.78, 5) is 2.47. The number of nitrogens with zero attached hydrogens (tertiary/aromatic N) is 1. The van der Waals surface area contributed by atoms with Gasteiger partial charge in [-0.1, -0.05) is 6.92 Å². The first-order valence-electron chi connectivity index (χ1n) is 7.77. The van der Waals surface area contributed by atoms with E-state index in [1.54, 1.807) is 6.92 Å². The molecule has 2 rings (SSSR count). The molecule has 0 aliphatic carbocycles. The lowest BCUT2D eigenvalue weighted by atomic mass is 9.90. The molecule has 5 heteroatoms. The fourth-order valence-electron chi connectivity index (χ4n) is 3.39. The number of likely N-dealkylation sites (tertiary alicyclic amines) is 1. The molecular formula is C14H28N2O2S. The first-order chi connectivity index (χ1) is 9.11. The van der Waals surface area contributed by atoms with Crippen LogP contribution in [0.3, 0.4) is 0 Å². The summed E-state index contributed by atoms with van der Waals surface area (Å²) in [6.45, 7) is 6.16. The highest BCUT2D eigenvalue weighted by Crippen LogP contribution is 2.24. The van der Waals surface area contributed by atoms with E-state index in [9.17, 15) is 8.42 Å². The lowest BCUT2D eigenvalue weighted by molar-refractivity contribution is 0.152. The molecule has 1 N–H and O–H groups in total. The highest BCUT2D eigenvalue weighted by atomic mass is 32.2. The van der Waals surface area contributed by atoms with Gasteiger partial charge >= 0.3 is 0 Å². The molecule has 2 unspecified atom stereocenters. The molecule has 2 aliphatic heterocycles. The molecule has 0 aromatic rings. The van der Waals surface area contributed by atoms with Gasteiger partial charge in [0.25, 0.3) is 0 Å². The number of sulfone groups is 1. The number of hydrogen-bond donors (Lipinski definition) is 1. The second kappa shape index (κ2) is 7.04. The molecular weight excluding hydrogens is 260 g/mol. The van der Waals surface area contributed by atoms with Crippen LogP contribution >= 0.6 is 0 Å². The van der Waals surface area contributed by atoms with Gasteiger partial charge in [-0.3, -0.25) is 0 Å². The number of nitrogens with one attached hydrogen (secondary N) is 1. The predicted octanol–water partition coefficient (Wildman–Crippen LogP) is 1.28. The molecule has 0 radical (unpaired) electrons. The maximum absolute atomic E-state index is 11.5. The average molecular weight is 288 g/mol. The van der Waals surface area contributed by atoms with Crippen molar-refractivity contribution in [3.63, 3.8) is 0 Å². The Labute approximate surface area is 117 Å². The van der Waals surface area contributed by atoms with Crippen molar-refractivity contribution in [3.05, 3.63) is 0 Å². The Morgan fingerprint density at radius 2 is 2.11 bits per heavy atom. The van der Waals surface area contributed by atoms with Gasteiger partial charge in [0.15, 0.2) is 0 Å². The van der Waals surface area contributed by atoms with Crippen LogP contribution in [0.1, 0.15) is 39.0 Å². The molecule has 2 saturated heterocycles. The Morgan fingerprint density at radius 1 is 1.26 bits per heavy atom. The molecule has 0 aromatic heterocycles. The van der Waals surface area contributed by atoms with Crippen LogP contribution in [0.15, 0.2) is 0 Å². The third kappa shape index (κ3) is 4.72. The topological polar surface area (TPSA) is 49.4 Å². The van der Waals surface area contributed by atoms with E-state index < -0.39 is 9.84 Å². The van der Waals surface area contributed by atoms with E-state index in [2.05, 4.69) is 10.2 Å². The van der Waals surface area contributed by atoms with E-state index >= 15 is 0 Å². The zero-order valence-corrected chi connectivity index (χ0v) is 12.9. The fraction of sp³-hybridized carbons (Fsp3) is 1.00. The molecule has 2 heterocycles. The molecule has 2 fully saturated rings. The van der Waals surface area contributed by atoms with E-state index in [0.717, 1.165) is 32.0 Å². The van der Waals surface area contributed by atoms with Crippen LogP contribution in [-0.4, -0.2) is 57.0 Å². The standard InChI is InChI=1S/C14H28N2O2S/c1-2-19(17,18)11-5-10-16-9-4-6-13(12-16)14-7-3-8-15-14/h13-15H,2-12H2,1H3. The average Bonchev–Trinajstić information content (AvgIpc) is 2.93. The van der Waals surface area contributed by atoms with Crippen molar-refractivity contribution in [2.75, 3.05) is 37.7 Å². The predicted molar refractivity (Wildman–Crippen MR) is 79.1 cm³/mol. The number of piperidine rings is 1. The summed E-state index contributed by atoms with van der Waals surface area (Å²) >= 11 is 0. The number of rotatable bonds is 6. The third-order valence-corrected chi connectivity index (χ3v) is 6.37. The molecule has 0 spiro atoms. The van der Waals surface area contributed by atoms with Crippen molar-refractivity contribution in [2.45, 2.75) is 45.1 Å². The summed E-state index contributed by atoms with van der Waals surface area (Å²) < 4.78 is 23.0. The largest absolute Gasteiger partial charge is 0.314 e. The molecule has 112 valence electrons. The summed E-state index contributed by atoms with van der Waals surface area (Å²) in [5, 5.41) is 3.61. The Bertz CT molecular complexity index is 364. The summed E-state index contributed by atoms with van der Waals surface area (Å²) in [5.41, 5.74) is 0. The highest BCUT2D eigenvalue weighted by Gasteiger charge is 2.28. The van der Waals surface area contributed by atoms with Gasteiger partial charge in [-0.2, -0.15) is 0 Å². The first-order valence-corrected chi connectivity index (χ1v) is 9.59. The molecule has 0 aromatic carbocycles. The molecule has 2 aliphatic rings. The smallest absolute Gasteiger partial charge is 0.150 e. The van der Waals surface area contributed by atoms with Crippen molar-refractivity contribution >= 4 is 9.84 Å². The zero-order valence-electron chi connectivity index (χ0n) is 12.1. The molecule has 0 saturated carbocycles. The molecule has 19 heavy (non-hydrogen) atoms. The Hall–Kier alpha value is -0.130. The zero-order chi connectivity index (χ0) is 13.7. The van der Waals surface area contributed by atoms with Crippen molar-refractivity contribution in [3.8, 4) is 0 Å². The Morgan fingerprint density at radius 3 is 2.79 bits per heavy atom. The van der Waals surface area contributed by atoms with Crippen LogP contribution < -0.4 is 5.32 Å². The summed E-state index contributed by atoms with van der Waals surface area (Å²) in [7, 11) is -2.79. The van der Waals surface area contributed by atoms with Crippen LogP contribution in [0.4, 0.5) is 0 Å². The minimum atomic E-state index is -2.79. The lowest BCUT2D eigenvalue weighted by Gasteiger charge is -2.35. The maximum Gasteiger partial charge on any atom is 0.150 e. The first kappa shape index (κ1) is 15.3. The summed E-state index contributed by atoms with van der Waals surface area (Å²) in [6, 6.07) is 0.710. The van der Waals surface area contributed by atoms with Gasteiger partial charge in [-0.25, -0.2) is 8.42 Å². The fourth-order valence-corrected chi connectivity index (χ4v) is 4.25. The molecule has 2 atom stereocenters. The van der Waals surface area contributed by atoms with E-state index in [1.807, 2.05) is 0 Å². The number of hydrogen-bond acceptors (Lipinski definition) is 4. The van der Waals surface area contributed by atoms with Crippen molar-refractivity contribution in [2.24, 2.45) is 5.92 Å². The second-order valence-electron chi connectivity index (χ2n) is 6.00. The molecule has 0 bridgehead atoms. The van der Waals surface area contributed by atoms with E-state index in [0.29, 0.717) is 11.8 Å². The van der Waals surface area contributed by atoms with Crippen LogP contribution in [0.25, 0.3) is 0 Å². The van der Waals surface area contributed by atoms with Gasteiger partial charge in [-0.05, 0) is 57.7 Å². The second-order valence-corrected chi connectivity index (χ2v) is 8.47. The van der Waals surface area contributed by atoms with Crippen molar-refractivity contribution in [1.29, 1.82) is 0 Å². The minimum Gasteiger partial charge on any atom is -0.314 e. The van der Waals surface area contributed by atoms with E-state index in [1.165, 1.54) is 32.2 Å². The van der Waals surface area contributed by atoms with E-state index in [4.69, 9.17) is 0 Å². The normalized spacial score (nSPS) is 29.7. The van der Waals surface area contributed by atoms with Crippen LogP contribution in [0.2, 0.25) is 0 Å². The SMILES string of the molecule is CCS(=O)(=O)CCCN1CCCC(C2CCCN2)C1. The van der Waals surface area contributed by atoms with Crippen LogP contribution in [0.5, 0.6) is 0 Å². The van der Waals surface area contributed by atoms with Crippen LogP contribution in [0, 0.1) is 5.92 Å². The van der Waals surface area contributed by atoms with Gasteiger partial charge in [0.05, 0.1) is 5.75 Å². The summed E-state index contributed by atoms with van der Waals surface area (Å²) in [5.74, 6) is 1.41. The Balaban J connectivity index is 1.72.